The van der Waals surface area contributed by atoms with E-state index in [0.717, 1.165) is 12.1 Å². The molecule has 6 nitrogen and oxygen atoms in total. The number of hydrogen-bond acceptors (Lipinski definition) is 4. The van der Waals surface area contributed by atoms with Crippen molar-refractivity contribution in [3.63, 3.8) is 0 Å². The second kappa shape index (κ2) is 12.2. The molecule has 0 aromatic heterocycles. The molecule has 3 aromatic rings. The van der Waals surface area contributed by atoms with Gasteiger partial charge in [0.05, 0.1) is 28.6 Å². The van der Waals surface area contributed by atoms with E-state index in [1.165, 1.54) is 24.3 Å². The van der Waals surface area contributed by atoms with Crippen molar-refractivity contribution >= 4 is 87.2 Å². The molecule has 0 heterocycles. The molecular weight excluding hydrogens is 656 g/mol. The zero-order chi connectivity index (χ0) is 31.1. The van der Waals surface area contributed by atoms with E-state index >= 15 is 4.39 Å². The fourth-order valence-corrected chi connectivity index (χ4v) is 5.96. The number of hydrogen-bond donors (Lipinski definition) is 2. The molecule has 2 atom stereocenters. The molecule has 1 aliphatic carbocycles. The predicted molar refractivity (Wildman–Crippen MR) is 161 cm³/mol. The molecule has 0 bridgehead atoms. The summed E-state index contributed by atoms with van der Waals surface area (Å²) in [5.74, 6) is -5.81. The van der Waals surface area contributed by atoms with E-state index in [9.17, 15) is 18.8 Å². The summed E-state index contributed by atoms with van der Waals surface area (Å²) in [5, 5.41) is 5.69. The highest BCUT2D eigenvalue weighted by atomic mass is 35.5. The molecule has 0 radical (unpaired) electrons. The van der Waals surface area contributed by atoms with Crippen molar-refractivity contribution < 1.29 is 27.9 Å². The number of amides is 2. The topological polar surface area (TPSA) is 84.5 Å². The van der Waals surface area contributed by atoms with Crippen LogP contribution in [-0.2, 0) is 20.7 Å². The summed E-state index contributed by atoms with van der Waals surface area (Å²) >= 11 is 31.2. The Kier molecular flexibility index (Phi) is 9.36. The first kappa shape index (κ1) is 32.3. The van der Waals surface area contributed by atoms with Crippen LogP contribution in [0.2, 0.25) is 15.1 Å². The Bertz CT molecular complexity index is 1570. The Balaban J connectivity index is 1.50. The van der Waals surface area contributed by atoms with Gasteiger partial charge in [-0.15, -0.1) is 23.2 Å². The molecular formula is C29H23Cl5F2N2O4. The average molecular weight is 679 g/mol. The maximum absolute atomic E-state index is 15.2. The summed E-state index contributed by atoms with van der Waals surface area (Å²) in [4.78, 5) is 38.3. The van der Waals surface area contributed by atoms with Crippen LogP contribution in [0.1, 0.15) is 48.2 Å². The van der Waals surface area contributed by atoms with Crippen LogP contribution in [0.5, 0.6) is 0 Å². The van der Waals surface area contributed by atoms with Crippen LogP contribution in [0.25, 0.3) is 0 Å². The number of rotatable bonds is 7. The third-order valence-corrected chi connectivity index (χ3v) is 7.94. The second-order valence-corrected chi connectivity index (χ2v) is 13.3. The van der Waals surface area contributed by atoms with Crippen molar-refractivity contribution in [2.45, 2.75) is 43.0 Å². The van der Waals surface area contributed by atoms with Crippen LogP contribution in [0.4, 0.5) is 20.2 Å². The number of nitrogens with one attached hydrogen (secondary N) is 2. The molecule has 42 heavy (non-hydrogen) atoms. The molecule has 13 heteroatoms. The van der Waals surface area contributed by atoms with Crippen LogP contribution in [-0.4, -0.2) is 27.7 Å². The van der Waals surface area contributed by atoms with Gasteiger partial charge in [-0.1, -0.05) is 34.8 Å². The molecule has 2 N–H and O–H groups in total. The van der Waals surface area contributed by atoms with Gasteiger partial charge in [0.15, 0.2) is 5.82 Å². The van der Waals surface area contributed by atoms with E-state index in [2.05, 4.69) is 10.6 Å². The van der Waals surface area contributed by atoms with Crippen LogP contribution in [0.3, 0.4) is 0 Å². The highest BCUT2D eigenvalue weighted by Crippen LogP contribution is 2.65. The summed E-state index contributed by atoms with van der Waals surface area (Å²) in [6.45, 7) is 4.86. The first-order chi connectivity index (χ1) is 19.5. The quantitative estimate of drug-likeness (QED) is 0.194. The number of anilines is 2. The highest BCUT2D eigenvalue weighted by molar-refractivity contribution is 6.53. The first-order valence-electron chi connectivity index (χ1n) is 12.4. The summed E-state index contributed by atoms with van der Waals surface area (Å²) < 4.78 is 33.2. The molecule has 2 amide bonds. The van der Waals surface area contributed by atoms with E-state index in [1.54, 1.807) is 32.9 Å². The fraction of sp³-hybridized carbons (Fsp3) is 0.276. The molecule has 2 unspecified atom stereocenters. The third-order valence-electron chi connectivity index (χ3n) is 6.23. The van der Waals surface area contributed by atoms with Gasteiger partial charge in [-0.05, 0) is 74.9 Å². The van der Waals surface area contributed by atoms with Crippen molar-refractivity contribution in [1.82, 2.24) is 0 Å². The van der Waals surface area contributed by atoms with Crippen molar-refractivity contribution in [3.05, 3.63) is 91.9 Å². The molecule has 1 fully saturated rings. The zero-order valence-corrected chi connectivity index (χ0v) is 26.0. The van der Waals surface area contributed by atoms with Gasteiger partial charge in [0, 0.05) is 27.2 Å². The number of benzene rings is 3. The maximum Gasteiger partial charge on any atom is 0.311 e. The van der Waals surface area contributed by atoms with Gasteiger partial charge in [0.25, 0.3) is 5.91 Å². The fourth-order valence-electron chi connectivity index (χ4n) is 4.39. The summed E-state index contributed by atoms with van der Waals surface area (Å²) in [5.41, 5.74) is -1.17. The van der Waals surface area contributed by atoms with Gasteiger partial charge in [-0.3, -0.25) is 14.4 Å². The number of ether oxygens (including phenoxy) is 1. The van der Waals surface area contributed by atoms with Gasteiger partial charge in [-0.2, -0.15) is 0 Å². The van der Waals surface area contributed by atoms with Crippen molar-refractivity contribution in [3.8, 4) is 0 Å². The molecule has 1 aliphatic rings. The minimum absolute atomic E-state index is 0.0103. The van der Waals surface area contributed by atoms with Crippen molar-refractivity contribution in [2.75, 3.05) is 10.6 Å². The number of alkyl halides is 2. The second-order valence-electron chi connectivity index (χ2n) is 10.6. The van der Waals surface area contributed by atoms with Gasteiger partial charge in [0.1, 0.15) is 15.8 Å². The largest absolute Gasteiger partial charge is 0.460 e. The molecule has 1 saturated carbocycles. The minimum Gasteiger partial charge on any atom is -0.460 e. The number of carbonyl (C=O) groups is 3. The lowest BCUT2D eigenvalue weighted by Crippen LogP contribution is -2.25. The van der Waals surface area contributed by atoms with Gasteiger partial charge >= 0.3 is 5.97 Å². The highest BCUT2D eigenvalue weighted by Gasteiger charge is 2.67. The molecule has 0 spiro atoms. The van der Waals surface area contributed by atoms with E-state index in [1.807, 2.05) is 0 Å². The Hall–Kier alpha value is -2.62. The molecule has 3 aromatic carbocycles. The van der Waals surface area contributed by atoms with Crippen LogP contribution in [0, 0.1) is 17.6 Å². The van der Waals surface area contributed by atoms with Crippen molar-refractivity contribution in [1.29, 1.82) is 0 Å². The number of esters is 1. The predicted octanol–water partition coefficient (Wildman–Crippen LogP) is 8.59. The maximum atomic E-state index is 15.2. The standard InChI is InChI=1S/C29H23Cl5F2N2O4/c1-28(2,3)42-22(39)12-18-20(35)6-7-21(25(18)36)38-26(40)17-11-16(4-5-19(17)32)37-27(41)24-23(29(24,33)34)13-8-14(30)10-15(31)9-13/h4-11,23-24H,12H2,1-3H3,(H,37,41)(H,38,40). The molecule has 0 aliphatic heterocycles. The first-order valence-corrected chi connectivity index (χ1v) is 14.3. The molecule has 4 rings (SSSR count). The van der Waals surface area contributed by atoms with Crippen LogP contribution < -0.4 is 10.6 Å². The summed E-state index contributed by atoms with van der Waals surface area (Å²) in [7, 11) is 0. The third kappa shape index (κ3) is 7.29. The van der Waals surface area contributed by atoms with E-state index in [0.29, 0.717) is 15.6 Å². The van der Waals surface area contributed by atoms with Crippen LogP contribution in [0.15, 0.2) is 48.5 Å². The van der Waals surface area contributed by atoms with Gasteiger partial charge in [-0.25, -0.2) is 8.78 Å². The van der Waals surface area contributed by atoms with Gasteiger partial charge < -0.3 is 15.4 Å². The Morgan fingerprint density at radius 3 is 2.19 bits per heavy atom. The van der Waals surface area contributed by atoms with Crippen LogP contribution >= 0.6 is 58.0 Å². The monoisotopic (exact) mass is 676 g/mol. The van der Waals surface area contributed by atoms with Gasteiger partial charge in [0.2, 0.25) is 5.91 Å². The Morgan fingerprint density at radius 1 is 0.929 bits per heavy atom. The molecule has 222 valence electrons. The SMILES string of the molecule is CC(C)(C)OC(=O)Cc1c(F)ccc(NC(=O)c2cc(NC(=O)C3C(c4cc(Cl)cc(Cl)c4)C3(Cl)Cl)ccc2Cl)c1F. The Labute approximate surface area is 265 Å². The van der Waals surface area contributed by atoms with E-state index in [-0.39, 0.29) is 22.0 Å². The zero-order valence-electron chi connectivity index (χ0n) is 22.3. The Morgan fingerprint density at radius 2 is 1.57 bits per heavy atom. The smallest absolute Gasteiger partial charge is 0.311 e. The number of halogens is 7. The summed E-state index contributed by atoms with van der Waals surface area (Å²) in [6.07, 6.45) is -0.687. The lowest BCUT2D eigenvalue weighted by Gasteiger charge is -2.20. The normalized spacial score (nSPS) is 17.4. The van der Waals surface area contributed by atoms with Crippen molar-refractivity contribution in [2.24, 2.45) is 5.92 Å². The number of carbonyl (C=O) groups excluding carboxylic acids is 3. The lowest BCUT2D eigenvalue weighted by atomic mass is 10.1. The average Bonchev–Trinajstić information content (AvgIpc) is 3.45. The lowest BCUT2D eigenvalue weighted by molar-refractivity contribution is -0.154. The van der Waals surface area contributed by atoms with E-state index in [4.69, 9.17) is 62.7 Å². The summed E-state index contributed by atoms with van der Waals surface area (Å²) in [6, 6.07) is 10.8. The van der Waals surface area contributed by atoms with E-state index < -0.39 is 63.2 Å². The minimum atomic E-state index is -1.43. The molecule has 0 saturated heterocycles.